The number of benzene rings is 6. The van der Waals surface area contributed by atoms with Gasteiger partial charge in [-0.1, -0.05) is 94.5 Å². The van der Waals surface area contributed by atoms with Crippen molar-refractivity contribution in [3.8, 4) is 17.2 Å². The van der Waals surface area contributed by atoms with Crippen LogP contribution >= 0.6 is 34.8 Å². The highest BCUT2D eigenvalue weighted by Crippen LogP contribution is 2.40. The maximum absolute atomic E-state index is 14.1. The number of nitrogen functional groups attached to an aromatic ring is 2. The predicted molar refractivity (Wildman–Crippen MR) is 438 cm³/mol. The average molecular weight is 1780 g/mol. The first-order valence-corrected chi connectivity index (χ1v) is 40.9. The van der Waals surface area contributed by atoms with Crippen molar-refractivity contribution in [1.29, 1.82) is 0 Å². The molecule has 9 aromatic rings. The minimum atomic E-state index is -5.01. The maximum Gasteiger partial charge on any atom is 0.471 e. The number of hydrogen-bond acceptors (Lipinski definition) is 25. The third-order valence-corrected chi connectivity index (χ3v) is 24.9. The number of ether oxygens (including phenoxy) is 3. The van der Waals surface area contributed by atoms with E-state index >= 15 is 0 Å². The quantitative estimate of drug-likeness (QED) is 0.0130. The zero-order chi connectivity index (χ0) is 88.8. The number of nitrogens with two attached hydrogens (primary N) is 3. The van der Waals surface area contributed by atoms with Gasteiger partial charge in [0.2, 0.25) is 17.8 Å². The second-order valence-corrected chi connectivity index (χ2v) is 37.2. The number of anilines is 12. The maximum atomic E-state index is 14.1. The zero-order valence-electron chi connectivity index (χ0n) is 66.1. The Morgan fingerprint density at radius 1 is 0.424 bits per heavy atom. The van der Waals surface area contributed by atoms with Gasteiger partial charge in [0.15, 0.2) is 47.0 Å². The molecule has 0 saturated carbocycles. The Labute approximate surface area is 691 Å². The van der Waals surface area contributed by atoms with Crippen molar-refractivity contribution >= 4 is 146 Å². The lowest BCUT2D eigenvalue weighted by Crippen LogP contribution is -2.43. The van der Waals surface area contributed by atoms with Crippen LogP contribution in [0, 0.1) is 17.5 Å². The Balaban J connectivity index is 0.000000254. The lowest BCUT2D eigenvalue weighted by Gasteiger charge is -2.27. The van der Waals surface area contributed by atoms with E-state index in [1.165, 1.54) is 72.6 Å². The third kappa shape index (κ3) is 25.3. The molecule has 0 aliphatic carbocycles. The van der Waals surface area contributed by atoms with Crippen LogP contribution in [0.2, 0.25) is 15.1 Å². The van der Waals surface area contributed by atoms with Crippen molar-refractivity contribution in [2.75, 3.05) is 79.0 Å². The average Bonchev–Trinajstić information content (AvgIpc) is 0.811. The molecule has 0 saturated heterocycles. The van der Waals surface area contributed by atoms with Gasteiger partial charge in [0.05, 0.1) is 104 Å². The molecule has 0 bridgehead atoms. The number of methoxy groups -OCH3 is 3. The van der Waals surface area contributed by atoms with E-state index in [-0.39, 0.29) is 101 Å². The van der Waals surface area contributed by atoms with Crippen LogP contribution in [0.1, 0.15) is 99.8 Å². The molecule has 0 unspecified atom stereocenters. The van der Waals surface area contributed by atoms with Gasteiger partial charge in [0, 0.05) is 35.9 Å². The van der Waals surface area contributed by atoms with Crippen molar-refractivity contribution < 1.29 is 88.6 Å². The minimum absolute atomic E-state index is 0.00922. The number of halogens is 12. The molecule has 3 heterocycles. The largest absolute Gasteiger partial charge is 0.495 e. The molecule has 0 aliphatic rings. The number of carbonyl (C=O) groups excluding carboxylic acids is 2. The van der Waals surface area contributed by atoms with E-state index in [1.54, 1.807) is 85.1 Å². The minimum Gasteiger partial charge on any atom is -0.495 e. The fraction of sp³-hybridized carbons (Fsp3) is 0.342. The van der Waals surface area contributed by atoms with E-state index in [1.807, 2.05) is 42.7 Å². The van der Waals surface area contributed by atoms with E-state index in [0.29, 0.717) is 52.0 Å². The second kappa shape index (κ2) is 39.4. The van der Waals surface area contributed by atoms with Crippen molar-refractivity contribution in [2.24, 2.45) is 5.73 Å². The van der Waals surface area contributed by atoms with E-state index in [0.717, 1.165) is 48.0 Å². The summed E-state index contributed by atoms with van der Waals surface area (Å²) in [6.07, 6.45) is -6.03. The summed E-state index contributed by atoms with van der Waals surface area (Å²) in [7, 11) is -6.69. The Kier molecular flexibility index (Phi) is 32.2. The number of amides is 2. The number of rotatable bonds is 27. The predicted octanol–water partition coefficient (Wildman–Crippen LogP) is 16.1. The van der Waals surface area contributed by atoms with E-state index in [2.05, 4.69) is 56.5 Å². The molecule has 9 rings (SSSR count). The fourth-order valence-electron chi connectivity index (χ4n) is 10.2. The van der Waals surface area contributed by atoms with E-state index < -0.39 is 97.7 Å². The lowest BCUT2D eigenvalue weighted by atomic mass is 9.84. The normalized spacial score (nSPS) is 12.1. The Morgan fingerprint density at radius 3 is 1.03 bits per heavy atom. The molecule has 0 atom stereocenters. The summed E-state index contributed by atoms with van der Waals surface area (Å²) in [5, 5.41) is 16.3. The number of alkyl halides is 6. The van der Waals surface area contributed by atoms with Gasteiger partial charge in [-0.05, 0) is 149 Å². The molecule has 42 heteroatoms. The van der Waals surface area contributed by atoms with Crippen LogP contribution in [0.25, 0.3) is 0 Å². The molecule has 0 radical (unpaired) electrons. The van der Waals surface area contributed by atoms with Crippen LogP contribution in [-0.4, -0.2) is 136 Å². The molecule has 0 fully saturated rings. The van der Waals surface area contributed by atoms with Crippen LogP contribution in [0.15, 0.2) is 142 Å². The summed E-state index contributed by atoms with van der Waals surface area (Å²) >= 11 is 18.5. The van der Waals surface area contributed by atoms with Crippen LogP contribution in [0.5, 0.6) is 17.2 Å². The molecule has 6 aromatic carbocycles. The molecule has 13 N–H and O–H groups in total. The standard InChI is InChI=1S/C26H28ClF4N5O4S.C24H29ClFN5O3S.C13H14ClFN4O2S.C13H17F3N2O2/c1-14(2)41(38,39)21-9-7-16(28)11-19(21)34-22-17(27)12-32-24(36-22)35-18-10-15(6-8-20(18)40-5)25(3,4)13-33-23(37)26(29,30)31;1-14(2)35(32,33)21-9-7-16(26)11-19(21)29-22-17(25)12-28-23(31-22)30-18-10-15(24(3,4)13-27)6-8-20(18)34-5;1-7(2)22(20,21)11-4-3-8(15)5-10(11)18-12-9(14)6-17-13(16)19-12;1-12(2,7-18-11(19)13(14,15)16)8-4-5-10(20-3)9(17)6-8/h6-12,14H,13H2,1-5H3,(H,33,37)(H2,32,34,35,36);6-12,14H,13,27H2,1-5H3,(H2,28,29,30,31);3-7H,1-2H3,(H3,16,17,18,19);4-6H,7,17H2,1-3H3,(H,18,19). The monoisotopic (exact) mass is 1770 g/mol. The molecule has 0 aliphatic heterocycles. The van der Waals surface area contributed by atoms with Gasteiger partial charge in [0.25, 0.3) is 0 Å². The summed E-state index contributed by atoms with van der Waals surface area (Å²) < 4.78 is 208. The molecule has 27 nitrogen and oxygen atoms in total. The van der Waals surface area contributed by atoms with Gasteiger partial charge in [-0.3, -0.25) is 9.59 Å². The number of aromatic nitrogens is 6. The van der Waals surface area contributed by atoms with Gasteiger partial charge in [-0.15, -0.1) is 0 Å². The Morgan fingerprint density at radius 2 is 0.729 bits per heavy atom. The van der Waals surface area contributed by atoms with Crippen molar-refractivity contribution in [3.63, 3.8) is 0 Å². The summed E-state index contributed by atoms with van der Waals surface area (Å²) in [6.45, 7) is 19.9. The highest BCUT2D eigenvalue weighted by atomic mass is 35.5. The van der Waals surface area contributed by atoms with Gasteiger partial charge < -0.3 is 68.6 Å². The van der Waals surface area contributed by atoms with Crippen molar-refractivity contribution in [1.82, 2.24) is 40.5 Å². The number of nitrogens with one attached hydrogen (secondary N) is 7. The first-order valence-electron chi connectivity index (χ1n) is 35.1. The topological polar surface area (TPSA) is 404 Å². The first-order chi connectivity index (χ1) is 54.6. The molecule has 2 amide bonds. The number of carbonyl (C=O) groups is 2. The molecule has 118 heavy (non-hydrogen) atoms. The fourth-order valence-corrected chi connectivity index (χ4v) is 14.1. The molecule has 3 aromatic heterocycles. The number of sulfone groups is 3. The third-order valence-electron chi connectivity index (χ3n) is 17.5. The van der Waals surface area contributed by atoms with Gasteiger partial charge in [-0.2, -0.15) is 41.3 Å². The Bertz CT molecular complexity index is 5470. The number of nitrogens with zero attached hydrogens (tertiary/aromatic N) is 6. The summed E-state index contributed by atoms with van der Waals surface area (Å²) in [6, 6.07) is 25.4. The Hall–Kier alpha value is -10.5. The summed E-state index contributed by atoms with van der Waals surface area (Å²) in [5.74, 6) is -4.21. The van der Waals surface area contributed by atoms with Crippen LogP contribution in [0.3, 0.4) is 0 Å². The van der Waals surface area contributed by atoms with Crippen LogP contribution in [-0.2, 0) is 55.3 Å². The highest BCUT2D eigenvalue weighted by Gasteiger charge is 2.41. The molecule has 640 valence electrons. The SMILES string of the molecule is CC(C)S(=O)(=O)c1ccc(F)cc1Nc1nc(N)ncc1Cl.COc1ccc(C(C)(C)CN)cc1Nc1ncc(Cl)c(Nc2cc(F)ccc2S(=O)(=O)C(C)C)n1.COc1ccc(C(C)(C)CNC(=O)C(F)(F)F)cc1N.COc1ccc(C(C)(C)CNC(=O)C(F)(F)F)cc1Nc1ncc(Cl)c(Nc2cc(F)ccc2S(=O)(=O)C(C)C)n1. The highest BCUT2D eigenvalue weighted by molar-refractivity contribution is 7.92. The van der Waals surface area contributed by atoms with E-state index in [4.69, 9.17) is 66.2 Å². The van der Waals surface area contributed by atoms with E-state index in [9.17, 15) is 74.4 Å². The summed E-state index contributed by atoms with van der Waals surface area (Å²) in [4.78, 5) is 46.5. The van der Waals surface area contributed by atoms with Crippen molar-refractivity contribution in [3.05, 3.63) is 177 Å². The van der Waals surface area contributed by atoms with Crippen LogP contribution in [0.4, 0.5) is 109 Å². The van der Waals surface area contributed by atoms with Crippen LogP contribution < -0.4 is 68.6 Å². The van der Waals surface area contributed by atoms with Gasteiger partial charge >= 0.3 is 24.2 Å². The molecular weight excluding hydrogens is 1690 g/mol. The smallest absolute Gasteiger partial charge is 0.471 e. The van der Waals surface area contributed by atoms with Gasteiger partial charge in [-0.25, -0.2) is 53.4 Å². The molecular formula is C76H88Cl3F9N16O11S3. The zero-order valence-corrected chi connectivity index (χ0v) is 70.9. The van der Waals surface area contributed by atoms with Crippen molar-refractivity contribution in [2.45, 2.75) is 142 Å². The lowest BCUT2D eigenvalue weighted by molar-refractivity contribution is -0.173. The number of hydrogen-bond donors (Lipinski definition) is 10. The summed E-state index contributed by atoms with van der Waals surface area (Å²) in [5.41, 5.74) is 18.8. The molecule has 0 spiro atoms. The van der Waals surface area contributed by atoms with Gasteiger partial charge in [0.1, 0.15) is 49.8 Å². The second-order valence-electron chi connectivity index (χ2n) is 28.5. The first kappa shape index (κ1) is 96.4.